The zero-order valence-corrected chi connectivity index (χ0v) is 5.97. The standard InChI is InChI=1S/C6H10N2O2/c1-3(2)4-5(7)10-8-6(4)9/h3H,7H2,1-2H3,(H,8,9). The molecule has 0 fully saturated rings. The van der Waals surface area contributed by atoms with Crippen molar-refractivity contribution < 1.29 is 4.52 Å². The van der Waals surface area contributed by atoms with Crippen LogP contribution in [0, 0.1) is 0 Å². The number of nitrogens with two attached hydrogens (primary N) is 1. The van der Waals surface area contributed by atoms with E-state index in [1.54, 1.807) is 0 Å². The van der Waals surface area contributed by atoms with Gasteiger partial charge in [0.2, 0.25) is 5.88 Å². The van der Waals surface area contributed by atoms with Crippen molar-refractivity contribution in [2.45, 2.75) is 19.8 Å². The van der Waals surface area contributed by atoms with Crippen LogP contribution in [0.3, 0.4) is 0 Å². The Labute approximate surface area is 58.0 Å². The minimum Gasteiger partial charge on any atom is -0.367 e. The Bertz CT molecular complexity index is 272. The number of aromatic amines is 1. The lowest BCUT2D eigenvalue weighted by Gasteiger charge is -1.96. The molecule has 0 bridgehead atoms. The van der Waals surface area contributed by atoms with Gasteiger partial charge < -0.3 is 10.3 Å². The van der Waals surface area contributed by atoms with Gasteiger partial charge in [0.25, 0.3) is 5.56 Å². The quantitative estimate of drug-likeness (QED) is 0.605. The summed E-state index contributed by atoms with van der Waals surface area (Å²) < 4.78 is 4.60. The van der Waals surface area contributed by atoms with Crippen LogP contribution in [0.25, 0.3) is 0 Å². The third-order valence-corrected chi connectivity index (χ3v) is 1.34. The molecule has 1 rings (SSSR count). The van der Waals surface area contributed by atoms with Gasteiger partial charge >= 0.3 is 0 Å². The van der Waals surface area contributed by atoms with Crippen molar-refractivity contribution in [2.75, 3.05) is 5.73 Å². The van der Waals surface area contributed by atoms with Gasteiger partial charge in [-0.05, 0) is 5.92 Å². The highest BCUT2D eigenvalue weighted by molar-refractivity contribution is 5.35. The van der Waals surface area contributed by atoms with Crippen molar-refractivity contribution in [1.82, 2.24) is 5.16 Å². The molecule has 0 saturated heterocycles. The Morgan fingerprint density at radius 1 is 1.60 bits per heavy atom. The van der Waals surface area contributed by atoms with Gasteiger partial charge in [-0.2, -0.15) is 5.16 Å². The van der Waals surface area contributed by atoms with Crippen molar-refractivity contribution in [1.29, 1.82) is 0 Å². The van der Waals surface area contributed by atoms with Gasteiger partial charge in [0.05, 0.1) is 5.56 Å². The van der Waals surface area contributed by atoms with E-state index in [0.717, 1.165) is 0 Å². The van der Waals surface area contributed by atoms with Crippen LogP contribution in [0.5, 0.6) is 0 Å². The van der Waals surface area contributed by atoms with Crippen LogP contribution >= 0.6 is 0 Å². The average molecular weight is 142 g/mol. The third kappa shape index (κ3) is 0.920. The molecular formula is C6H10N2O2. The minimum atomic E-state index is -0.229. The Kier molecular flexibility index (Phi) is 1.53. The Balaban J connectivity index is 3.23. The van der Waals surface area contributed by atoms with Gasteiger partial charge in [0.15, 0.2) is 0 Å². The second-order valence-electron chi connectivity index (χ2n) is 2.47. The summed E-state index contributed by atoms with van der Waals surface area (Å²) in [4.78, 5) is 10.9. The summed E-state index contributed by atoms with van der Waals surface area (Å²) in [6, 6.07) is 0. The van der Waals surface area contributed by atoms with Crippen LogP contribution in [0.4, 0.5) is 5.88 Å². The number of anilines is 1. The number of hydrogen-bond donors (Lipinski definition) is 2. The molecule has 0 unspecified atom stereocenters. The molecule has 0 aromatic carbocycles. The predicted octanol–water partition coefficient (Wildman–Crippen LogP) is 0.673. The summed E-state index contributed by atoms with van der Waals surface area (Å²) in [6.07, 6.45) is 0. The maximum Gasteiger partial charge on any atom is 0.285 e. The summed E-state index contributed by atoms with van der Waals surface area (Å²) in [5.74, 6) is 0.308. The largest absolute Gasteiger partial charge is 0.367 e. The fourth-order valence-corrected chi connectivity index (χ4v) is 0.870. The average Bonchev–Trinajstić information content (AvgIpc) is 2.11. The second kappa shape index (κ2) is 2.21. The van der Waals surface area contributed by atoms with E-state index in [9.17, 15) is 4.79 Å². The molecule has 4 nitrogen and oxygen atoms in total. The third-order valence-electron chi connectivity index (χ3n) is 1.34. The molecule has 0 atom stereocenters. The minimum absolute atomic E-state index is 0.113. The van der Waals surface area contributed by atoms with Crippen molar-refractivity contribution in [3.63, 3.8) is 0 Å². The summed E-state index contributed by atoms with van der Waals surface area (Å²) in [6.45, 7) is 3.77. The molecule has 0 radical (unpaired) electrons. The first-order valence-corrected chi connectivity index (χ1v) is 3.09. The zero-order valence-electron chi connectivity index (χ0n) is 5.97. The maximum atomic E-state index is 10.9. The summed E-state index contributed by atoms with van der Waals surface area (Å²) in [5, 5.41) is 2.16. The highest BCUT2D eigenvalue weighted by Gasteiger charge is 2.12. The Hall–Kier alpha value is -1.19. The monoisotopic (exact) mass is 142 g/mol. The number of H-pyrrole nitrogens is 1. The van der Waals surface area contributed by atoms with Crippen LogP contribution in [0.2, 0.25) is 0 Å². The van der Waals surface area contributed by atoms with E-state index < -0.39 is 0 Å². The zero-order chi connectivity index (χ0) is 7.72. The van der Waals surface area contributed by atoms with Gasteiger partial charge in [-0.1, -0.05) is 13.8 Å². The van der Waals surface area contributed by atoms with Gasteiger partial charge in [-0.25, -0.2) is 0 Å². The van der Waals surface area contributed by atoms with Gasteiger partial charge in [-0.3, -0.25) is 4.79 Å². The number of aromatic nitrogens is 1. The highest BCUT2D eigenvalue weighted by Crippen LogP contribution is 2.15. The van der Waals surface area contributed by atoms with E-state index in [2.05, 4.69) is 9.68 Å². The van der Waals surface area contributed by atoms with E-state index in [-0.39, 0.29) is 17.4 Å². The van der Waals surface area contributed by atoms with E-state index in [1.807, 2.05) is 13.8 Å². The molecule has 0 saturated carbocycles. The van der Waals surface area contributed by atoms with Gasteiger partial charge in [0.1, 0.15) is 0 Å². The molecule has 0 aliphatic carbocycles. The second-order valence-corrected chi connectivity index (χ2v) is 2.47. The normalized spacial score (nSPS) is 10.7. The molecule has 1 aromatic heterocycles. The Morgan fingerprint density at radius 2 is 2.20 bits per heavy atom. The summed E-state index contributed by atoms with van der Waals surface area (Å²) in [7, 11) is 0. The molecule has 0 spiro atoms. The lowest BCUT2D eigenvalue weighted by atomic mass is 10.1. The lowest BCUT2D eigenvalue weighted by molar-refractivity contribution is 0.429. The molecule has 1 aromatic rings. The Morgan fingerprint density at radius 3 is 2.40 bits per heavy atom. The number of rotatable bonds is 1. The molecule has 0 aliphatic rings. The number of nitrogen functional groups attached to an aromatic ring is 1. The van der Waals surface area contributed by atoms with Crippen molar-refractivity contribution in [3.05, 3.63) is 15.9 Å². The summed E-state index contributed by atoms with van der Waals surface area (Å²) in [5.41, 5.74) is 5.64. The highest BCUT2D eigenvalue weighted by atomic mass is 16.5. The molecule has 4 heteroatoms. The van der Waals surface area contributed by atoms with Crippen LogP contribution < -0.4 is 11.3 Å². The van der Waals surface area contributed by atoms with Gasteiger partial charge in [0, 0.05) is 0 Å². The fraction of sp³-hybridized carbons (Fsp3) is 0.500. The van der Waals surface area contributed by atoms with Gasteiger partial charge in [-0.15, -0.1) is 0 Å². The number of nitrogens with one attached hydrogen (secondary N) is 1. The van der Waals surface area contributed by atoms with E-state index in [4.69, 9.17) is 5.73 Å². The van der Waals surface area contributed by atoms with Crippen LogP contribution in [0.15, 0.2) is 9.32 Å². The first-order valence-electron chi connectivity index (χ1n) is 3.09. The maximum absolute atomic E-state index is 10.9. The van der Waals surface area contributed by atoms with Crippen LogP contribution in [-0.4, -0.2) is 5.16 Å². The molecule has 10 heavy (non-hydrogen) atoms. The van der Waals surface area contributed by atoms with Crippen molar-refractivity contribution in [2.24, 2.45) is 0 Å². The molecule has 1 heterocycles. The smallest absolute Gasteiger partial charge is 0.285 e. The topological polar surface area (TPSA) is 72.0 Å². The molecular weight excluding hydrogens is 132 g/mol. The van der Waals surface area contributed by atoms with Crippen LogP contribution in [-0.2, 0) is 0 Å². The van der Waals surface area contributed by atoms with E-state index in [1.165, 1.54) is 0 Å². The van der Waals surface area contributed by atoms with Crippen LogP contribution in [0.1, 0.15) is 25.3 Å². The van der Waals surface area contributed by atoms with E-state index >= 15 is 0 Å². The van der Waals surface area contributed by atoms with Crippen molar-refractivity contribution >= 4 is 5.88 Å². The fourth-order valence-electron chi connectivity index (χ4n) is 0.870. The summed E-state index contributed by atoms with van der Waals surface area (Å²) >= 11 is 0. The first-order chi connectivity index (χ1) is 4.63. The van der Waals surface area contributed by atoms with E-state index in [0.29, 0.717) is 5.56 Å². The SMILES string of the molecule is CC(C)c1c(N)o[nH]c1=O. The molecule has 0 amide bonds. The predicted molar refractivity (Wildman–Crippen MR) is 37.8 cm³/mol. The molecule has 3 N–H and O–H groups in total. The molecule has 0 aliphatic heterocycles. The number of hydrogen-bond acceptors (Lipinski definition) is 3. The first kappa shape index (κ1) is 6.92. The lowest BCUT2D eigenvalue weighted by Crippen LogP contribution is -2.08. The van der Waals surface area contributed by atoms with Crippen molar-refractivity contribution in [3.8, 4) is 0 Å². The molecule has 56 valence electrons.